The summed E-state index contributed by atoms with van der Waals surface area (Å²) in [4.78, 5) is 54.2. The maximum absolute atomic E-state index is 13.0. The predicted molar refractivity (Wildman–Crippen MR) is 118 cm³/mol. The average Bonchev–Trinajstić information content (AvgIpc) is 3.27. The van der Waals surface area contributed by atoms with Gasteiger partial charge in [0.25, 0.3) is 5.91 Å². The lowest BCUT2D eigenvalue weighted by Gasteiger charge is -2.40. The third-order valence-corrected chi connectivity index (χ3v) is 6.85. The van der Waals surface area contributed by atoms with Gasteiger partial charge >= 0.3 is 12.0 Å². The molecule has 32 heavy (non-hydrogen) atoms. The molecule has 2 fully saturated rings. The molecule has 1 aliphatic heterocycles. The van der Waals surface area contributed by atoms with Gasteiger partial charge in [0.15, 0.2) is 6.61 Å². The molecule has 0 radical (unpaired) electrons. The van der Waals surface area contributed by atoms with E-state index in [0.717, 1.165) is 28.6 Å². The number of aromatic amines is 1. The molecule has 0 unspecified atom stereocenters. The Labute approximate surface area is 186 Å². The van der Waals surface area contributed by atoms with Crippen LogP contribution in [0.2, 0.25) is 0 Å². The molecule has 1 spiro atoms. The van der Waals surface area contributed by atoms with Crippen LogP contribution in [0, 0.1) is 11.3 Å². The van der Waals surface area contributed by atoms with E-state index in [9.17, 15) is 19.2 Å². The van der Waals surface area contributed by atoms with Crippen molar-refractivity contribution in [1.29, 1.82) is 0 Å². The fourth-order valence-corrected chi connectivity index (χ4v) is 4.84. The zero-order chi connectivity index (χ0) is 23.1. The Morgan fingerprint density at radius 1 is 1.16 bits per heavy atom. The van der Waals surface area contributed by atoms with E-state index in [4.69, 9.17) is 4.74 Å². The summed E-state index contributed by atoms with van der Waals surface area (Å²) < 4.78 is 5.10. The number of H-pyrrole nitrogens is 1. The molecule has 0 atom stereocenters. The lowest BCUT2D eigenvalue weighted by atomic mass is 9.67. The molecule has 0 bridgehead atoms. The predicted octanol–water partition coefficient (Wildman–Crippen LogP) is 3.42. The van der Waals surface area contributed by atoms with Crippen molar-refractivity contribution in [2.45, 2.75) is 52.0 Å². The number of urea groups is 1. The first-order chi connectivity index (χ1) is 15.1. The number of fused-ring (bicyclic) bond motifs is 1. The van der Waals surface area contributed by atoms with Crippen molar-refractivity contribution < 1.29 is 23.9 Å². The van der Waals surface area contributed by atoms with Crippen molar-refractivity contribution in [2.24, 2.45) is 11.3 Å². The third-order valence-electron chi connectivity index (χ3n) is 6.85. The maximum atomic E-state index is 13.0. The number of imide groups is 1. The van der Waals surface area contributed by atoms with E-state index >= 15 is 0 Å². The van der Waals surface area contributed by atoms with E-state index in [2.05, 4.69) is 31.1 Å². The summed E-state index contributed by atoms with van der Waals surface area (Å²) in [5.74, 6) is -1.05. The van der Waals surface area contributed by atoms with Crippen LogP contribution in [0.15, 0.2) is 30.5 Å². The molecule has 1 saturated carbocycles. The van der Waals surface area contributed by atoms with Gasteiger partial charge < -0.3 is 15.0 Å². The van der Waals surface area contributed by atoms with Gasteiger partial charge in [-0.25, -0.2) is 4.79 Å². The van der Waals surface area contributed by atoms with E-state index < -0.39 is 30.7 Å². The van der Waals surface area contributed by atoms with Gasteiger partial charge in [-0.3, -0.25) is 19.3 Å². The molecule has 1 aromatic carbocycles. The molecule has 4 rings (SSSR count). The van der Waals surface area contributed by atoms with Crippen molar-refractivity contribution >= 4 is 34.6 Å². The first-order valence-electron chi connectivity index (χ1n) is 11.0. The van der Waals surface area contributed by atoms with Crippen molar-refractivity contribution in [3.05, 3.63) is 36.0 Å². The molecule has 2 N–H and O–H groups in total. The van der Waals surface area contributed by atoms with E-state index in [1.54, 1.807) is 6.20 Å². The summed E-state index contributed by atoms with van der Waals surface area (Å²) in [6.45, 7) is 5.60. The highest BCUT2D eigenvalue weighted by atomic mass is 16.5. The summed E-state index contributed by atoms with van der Waals surface area (Å²) in [5.41, 5.74) is 0.457. The van der Waals surface area contributed by atoms with Crippen LogP contribution in [0.4, 0.5) is 4.79 Å². The van der Waals surface area contributed by atoms with Gasteiger partial charge in [-0.05, 0) is 43.1 Å². The molecule has 1 aromatic heterocycles. The van der Waals surface area contributed by atoms with Gasteiger partial charge in [0, 0.05) is 22.7 Å². The quantitative estimate of drug-likeness (QED) is 0.422. The van der Waals surface area contributed by atoms with Gasteiger partial charge in [0.05, 0.1) is 0 Å². The summed E-state index contributed by atoms with van der Waals surface area (Å²) in [6, 6.07) is 6.75. The van der Waals surface area contributed by atoms with Gasteiger partial charge in [-0.1, -0.05) is 39.0 Å². The number of para-hydroxylation sites is 1. The summed E-state index contributed by atoms with van der Waals surface area (Å²) in [5, 5.41) is 3.56. The monoisotopic (exact) mass is 439 g/mol. The van der Waals surface area contributed by atoms with Crippen LogP contribution in [0.3, 0.4) is 0 Å². The minimum Gasteiger partial charge on any atom is -0.456 e. The highest BCUT2D eigenvalue weighted by Gasteiger charge is 2.53. The third kappa shape index (κ3) is 4.01. The maximum Gasteiger partial charge on any atom is 0.326 e. The number of Topliss-reactive ketones (excluding diaryl/α,β-unsaturated/α-hetero) is 1. The smallest absolute Gasteiger partial charge is 0.326 e. The van der Waals surface area contributed by atoms with Crippen molar-refractivity contribution in [3.8, 4) is 0 Å². The molecule has 8 heteroatoms. The lowest BCUT2D eigenvalue weighted by molar-refractivity contribution is -0.147. The average molecular weight is 440 g/mol. The topological polar surface area (TPSA) is 109 Å². The molecule has 1 saturated heterocycles. The Morgan fingerprint density at radius 2 is 1.84 bits per heavy atom. The second-order valence-electron chi connectivity index (χ2n) is 9.88. The number of rotatable bonds is 5. The Balaban J connectivity index is 1.34. The fourth-order valence-electron chi connectivity index (χ4n) is 4.84. The molecule has 1 aliphatic carbocycles. The van der Waals surface area contributed by atoms with Gasteiger partial charge in [0.2, 0.25) is 5.78 Å². The lowest BCUT2D eigenvalue weighted by Crippen LogP contribution is -2.50. The number of hydrogen-bond donors (Lipinski definition) is 2. The number of ketones is 1. The van der Waals surface area contributed by atoms with Crippen LogP contribution in [0.1, 0.15) is 56.8 Å². The molecule has 2 heterocycles. The number of carbonyl (C=O) groups is 4. The van der Waals surface area contributed by atoms with Crippen molar-refractivity contribution in [2.75, 3.05) is 13.2 Å². The SMILES string of the molecule is CC(C)(C)C1CCC2(CC1)NC(=O)N(CC(=O)OCC(=O)c1c[nH]c3ccccc13)C2=O. The first kappa shape index (κ1) is 22.0. The zero-order valence-corrected chi connectivity index (χ0v) is 18.7. The number of nitrogens with one attached hydrogen (secondary N) is 2. The number of amides is 3. The largest absolute Gasteiger partial charge is 0.456 e. The first-order valence-corrected chi connectivity index (χ1v) is 11.0. The molecule has 2 aromatic rings. The minimum absolute atomic E-state index is 0.147. The molecule has 170 valence electrons. The Morgan fingerprint density at radius 3 is 2.53 bits per heavy atom. The number of carbonyl (C=O) groups excluding carboxylic acids is 4. The molecular formula is C24H29N3O5. The van der Waals surface area contributed by atoms with Crippen LogP contribution in [-0.4, -0.2) is 52.3 Å². The van der Waals surface area contributed by atoms with Gasteiger partial charge in [-0.15, -0.1) is 0 Å². The number of esters is 1. The Hall–Kier alpha value is -3.16. The molecule has 3 amide bonds. The number of ether oxygens (including phenoxy) is 1. The van der Waals surface area contributed by atoms with E-state index in [0.29, 0.717) is 24.3 Å². The number of benzene rings is 1. The van der Waals surface area contributed by atoms with E-state index in [1.807, 2.05) is 24.3 Å². The van der Waals surface area contributed by atoms with Crippen LogP contribution in [0.5, 0.6) is 0 Å². The van der Waals surface area contributed by atoms with Crippen molar-refractivity contribution in [3.63, 3.8) is 0 Å². The van der Waals surface area contributed by atoms with Crippen LogP contribution >= 0.6 is 0 Å². The Kier molecular flexibility index (Phi) is 5.56. The number of nitrogens with zero attached hydrogens (tertiary/aromatic N) is 1. The highest BCUT2D eigenvalue weighted by Crippen LogP contribution is 2.43. The standard InChI is InChI=1S/C24H29N3O5/c1-23(2,3)15-8-10-24(11-9-15)21(30)27(22(31)26-24)13-20(29)32-14-19(28)17-12-25-18-7-5-4-6-16(17)18/h4-7,12,15,25H,8-11,13-14H2,1-3H3,(H,26,31). The van der Waals surface area contributed by atoms with Gasteiger partial charge in [0.1, 0.15) is 12.1 Å². The summed E-state index contributed by atoms with van der Waals surface area (Å²) in [6.07, 6.45) is 4.38. The molecular weight excluding hydrogens is 410 g/mol. The fraction of sp³-hybridized carbons (Fsp3) is 0.500. The van der Waals surface area contributed by atoms with E-state index in [1.165, 1.54) is 0 Å². The number of aromatic nitrogens is 1. The van der Waals surface area contributed by atoms with Crippen LogP contribution in [0.25, 0.3) is 10.9 Å². The van der Waals surface area contributed by atoms with E-state index in [-0.39, 0.29) is 17.1 Å². The Bertz CT molecular complexity index is 1070. The normalized spacial score (nSPS) is 23.6. The summed E-state index contributed by atoms with van der Waals surface area (Å²) in [7, 11) is 0. The minimum atomic E-state index is -0.932. The van der Waals surface area contributed by atoms with Crippen LogP contribution < -0.4 is 5.32 Å². The highest BCUT2D eigenvalue weighted by molar-refractivity contribution is 6.10. The molecule has 2 aliphatic rings. The van der Waals surface area contributed by atoms with Crippen LogP contribution in [-0.2, 0) is 14.3 Å². The summed E-state index contributed by atoms with van der Waals surface area (Å²) >= 11 is 0. The molecule has 8 nitrogen and oxygen atoms in total. The number of hydrogen-bond acceptors (Lipinski definition) is 5. The second-order valence-corrected chi connectivity index (χ2v) is 9.88. The van der Waals surface area contributed by atoms with Crippen molar-refractivity contribution in [1.82, 2.24) is 15.2 Å². The second kappa shape index (κ2) is 8.07. The van der Waals surface area contributed by atoms with Gasteiger partial charge in [-0.2, -0.15) is 0 Å². The zero-order valence-electron chi connectivity index (χ0n) is 18.7.